The van der Waals surface area contributed by atoms with Crippen molar-refractivity contribution in [1.29, 1.82) is 0 Å². The smallest absolute Gasteiger partial charge is 0.107 e. The number of fused-ring (bicyclic) bond motifs is 1. The molecule has 0 spiro atoms. The lowest BCUT2D eigenvalue weighted by Crippen LogP contribution is -2.37. The van der Waals surface area contributed by atoms with Crippen LogP contribution < -0.4 is 10.4 Å². The van der Waals surface area contributed by atoms with E-state index in [4.69, 9.17) is 0 Å². The maximum atomic E-state index is 11.8. The molecule has 2 heteroatoms. The fraction of sp³-hybridized carbons (Fsp3) is 0.0909. The zero-order valence-electron chi connectivity index (χ0n) is 19.0. The standard InChI is InChI=1S/C33H21NO/c35-33(25-16-34-26-4-2-1-3-22(25)26)24-15-21-12-11-19-8-6-17-5-7-18-9-10-20-13-14-23(24)32-30(20)28(18)27(17)29(19)31(21)32/h1-5,7-16,28,33-35H,6H2. The first-order valence-electron chi connectivity index (χ1n) is 12.4. The second-order valence-corrected chi connectivity index (χ2v) is 10.2. The second-order valence-electron chi connectivity index (χ2n) is 10.2. The van der Waals surface area contributed by atoms with E-state index in [0.29, 0.717) is 0 Å². The summed E-state index contributed by atoms with van der Waals surface area (Å²) in [6.45, 7) is 0. The van der Waals surface area contributed by atoms with Crippen molar-refractivity contribution >= 4 is 50.2 Å². The number of aromatic nitrogens is 1. The Bertz CT molecular complexity index is 2050. The summed E-state index contributed by atoms with van der Waals surface area (Å²) in [5.74, 6) is 0.282. The van der Waals surface area contributed by atoms with E-state index in [1.807, 2.05) is 18.3 Å². The number of allylic oxidation sites excluding steroid dienone is 5. The van der Waals surface area contributed by atoms with Crippen molar-refractivity contribution in [2.45, 2.75) is 18.4 Å². The SMILES string of the molecule is OC(c1c[nH]c2ccccc12)c1cc2ccc3c4c2c2c5c(ccc12)C=CC1=CC=C(CC=3)C=4C15. The third kappa shape index (κ3) is 2.11. The average Bonchev–Trinajstić information content (AvgIpc) is 3.35. The molecule has 4 aromatic carbocycles. The number of aliphatic hydroxyl groups excluding tert-OH is 1. The van der Waals surface area contributed by atoms with Crippen molar-refractivity contribution in [1.82, 2.24) is 4.98 Å². The summed E-state index contributed by atoms with van der Waals surface area (Å²) in [4.78, 5) is 3.35. The lowest BCUT2D eigenvalue weighted by Gasteiger charge is -2.37. The van der Waals surface area contributed by atoms with E-state index in [1.165, 1.54) is 54.4 Å². The highest BCUT2D eigenvalue weighted by Gasteiger charge is 2.36. The van der Waals surface area contributed by atoms with E-state index >= 15 is 0 Å². The Morgan fingerprint density at radius 2 is 1.83 bits per heavy atom. The number of nitrogens with one attached hydrogen (secondary N) is 1. The van der Waals surface area contributed by atoms with Gasteiger partial charge in [0.1, 0.15) is 6.10 Å². The van der Waals surface area contributed by atoms with Gasteiger partial charge in [-0.15, -0.1) is 0 Å². The molecule has 0 bridgehead atoms. The van der Waals surface area contributed by atoms with Crippen LogP contribution in [0, 0.1) is 0 Å². The van der Waals surface area contributed by atoms with E-state index in [-0.39, 0.29) is 5.92 Å². The minimum absolute atomic E-state index is 0.282. The highest BCUT2D eigenvalue weighted by atomic mass is 16.3. The van der Waals surface area contributed by atoms with Crippen LogP contribution in [0.5, 0.6) is 0 Å². The van der Waals surface area contributed by atoms with Crippen LogP contribution in [-0.2, 0) is 0 Å². The van der Waals surface area contributed by atoms with Crippen molar-refractivity contribution in [2.24, 2.45) is 0 Å². The molecule has 0 amide bonds. The van der Waals surface area contributed by atoms with Crippen LogP contribution in [0.1, 0.15) is 40.7 Å². The maximum absolute atomic E-state index is 11.8. The van der Waals surface area contributed by atoms with E-state index in [2.05, 4.69) is 77.8 Å². The number of aromatic amines is 1. The average molecular weight is 448 g/mol. The Morgan fingerprint density at radius 1 is 0.886 bits per heavy atom. The highest BCUT2D eigenvalue weighted by Crippen LogP contribution is 2.52. The largest absolute Gasteiger partial charge is 0.384 e. The summed E-state index contributed by atoms with van der Waals surface area (Å²) in [7, 11) is 0. The van der Waals surface area contributed by atoms with Crippen LogP contribution in [0.15, 0.2) is 90.2 Å². The van der Waals surface area contributed by atoms with Gasteiger partial charge in [0.05, 0.1) is 0 Å². The molecule has 0 radical (unpaired) electrons. The Labute approximate surface area is 201 Å². The summed E-state index contributed by atoms with van der Waals surface area (Å²) in [5, 5.41) is 20.7. The first kappa shape index (κ1) is 18.2. The molecule has 35 heavy (non-hydrogen) atoms. The van der Waals surface area contributed by atoms with E-state index in [0.717, 1.165) is 33.8 Å². The van der Waals surface area contributed by atoms with Gasteiger partial charge in [0, 0.05) is 28.6 Å². The molecule has 2 N–H and O–H groups in total. The molecule has 2 nitrogen and oxygen atoms in total. The van der Waals surface area contributed by atoms with Gasteiger partial charge in [-0.3, -0.25) is 0 Å². The second kappa shape index (κ2) is 6.10. The molecule has 1 heterocycles. The van der Waals surface area contributed by atoms with Gasteiger partial charge in [-0.1, -0.05) is 72.8 Å². The summed E-state index contributed by atoms with van der Waals surface area (Å²) < 4.78 is 0. The van der Waals surface area contributed by atoms with Crippen LogP contribution in [0.25, 0.3) is 50.2 Å². The molecular formula is C33H21NO. The number of aliphatic hydroxyl groups is 1. The number of rotatable bonds is 2. The minimum Gasteiger partial charge on any atom is -0.384 e. The predicted octanol–water partition coefficient (Wildman–Crippen LogP) is 5.88. The zero-order chi connectivity index (χ0) is 22.8. The summed E-state index contributed by atoms with van der Waals surface area (Å²) in [6, 6.07) is 19.5. The lowest BCUT2D eigenvalue weighted by molar-refractivity contribution is 0.223. The third-order valence-corrected chi connectivity index (χ3v) is 8.63. The third-order valence-electron chi connectivity index (χ3n) is 8.63. The fourth-order valence-electron chi connectivity index (χ4n) is 7.13. The van der Waals surface area contributed by atoms with Crippen LogP contribution in [0.4, 0.5) is 0 Å². The van der Waals surface area contributed by atoms with Crippen molar-refractivity contribution in [2.75, 3.05) is 0 Å². The Kier molecular flexibility index (Phi) is 3.17. The molecule has 4 aliphatic carbocycles. The maximum Gasteiger partial charge on any atom is 0.107 e. The minimum atomic E-state index is -0.711. The molecule has 0 saturated heterocycles. The molecule has 2 unspecified atom stereocenters. The summed E-state index contributed by atoms with van der Waals surface area (Å²) in [6.07, 6.45) is 13.9. The Morgan fingerprint density at radius 3 is 2.80 bits per heavy atom. The first-order valence-corrected chi connectivity index (χ1v) is 12.4. The molecular weight excluding hydrogens is 426 g/mol. The number of hydrogen-bond donors (Lipinski definition) is 2. The van der Waals surface area contributed by atoms with Gasteiger partial charge in [-0.2, -0.15) is 0 Å². The number of benzene rings is 4. The van der Waals surface area contributed by atoms with Gasteiger partial charge in [0.2, 0.25) is 0 Å². The molecule has 9 rings (SSSR count). The monoisotopic (exact) mass is 447 g/mol. The first-order chi connectivity index (χ1) is 17.3. The van der Waals surface area contributed by atoms with Gasteiger partial charge in [0.25, 0.3) is 0 Å². The van der Waals surface area contributed by atoms with Crippen LogP contribution in [0.3, 0.4) is 0 Å². The van der Waals surface area contributed by atoms with Crippen molar-refractivity contribution in [3.63, 3.8) is 0 Å². The molecule has 164 valence electrons. The quantitative estimate of drug-likeness (QED) is 0.326. The van der Waals surface area contributed by atoms with E-state index < -0.39 is 6.10 Å². The Hall–Kier alpha value is -4.14. The van der Waals surface area contributed by atoms with Gasteiger partial charge >= 0.3 is 0 Å². The lowest BCUT2D eigenvalue weighted by atomic mass is 9.66. The topological polar surface area (TPSA) is 36.0 Å². The van der Waals surface area contributed by atoms with Gasteiger partial charge in [-0.25, -0.2) is 0 Å². The zero-order valence-corrected chi connectivity index (χ0v) is 19.0. The highest BCUT2D eigenvalue weighted by molar-refractivity contribution is 6.16. The van der Waals surface area contributed by atoms with Crippen molar-refractivity contribution in [3.05, 3.63) is 123 Å². The number of para-hydroxylation sites is 1. The summed E-state index contributed by atoms with van der Waals surface area (Å²) >= 11 is 0. The molecule has 2 atom stereocenters. The molecule has 0 saturated carbocycles. The van der Waals surface area contributed by atoms with Gasteiger partial charge in [0.15, 0.2) is 0 Å². The fourth-order valence-corrected chi connectivity index (χ4v) is 7.13. The van der Waals surface area contributed by atoms with Crippen LogP contribution in [0.2, 0.25) is 0 Å². The van der Waals surface area contributed by atoms with Crippen LogP contribution >= 0.6 is 0 Å². The predicted molar refractivity (Wildman–Crippen MR) is 143 cm³/mol. The number of H-pyrrole nitrogens is 1. The summed E-state index contributed by atoms with van der Waals surface area (Å²) in [5.41, 5.74) is 10.0. The molecule has 5 aromatic rings. The van der Waals surface area contributed by atoms with E-state index in [9.17, 15) is 5.11 Å². The van der Waals surface area contributed by atoms with Crippen molar-refractivity contribution in [3.8, 4) is 0 Å². The van der Waals surface area contributed by atoms with Gasteiger partial charge < -0.3 is 10.1 Å². The van der Waals surface area contributed by atoms with Crippen LogP contribution in [-0.4, -0.2) is 10.1 Å². The molecule has 4 aliphatic rings. The molecule has 0 aliphatic heterocycles. The van der Waals surface area contributed by atoms with Gasteiger partial charge in [-0.05, 0) is 83.9 Å². The molecule has 0 fully saturated rings. The van der Waals surface area contributed by atoms with Crippen molar-refractivity contribution < 1.29 is 5.11 Å². The Balaban J connectivity index is 1.47. The molecule has 1 aromatic heterocycles. The normalized spacial score (nSPS) is 19.5. The number of hydrogen-bond acceptors (Lipinski definition) is 1. The van der Waals surface area contributed by atoms with E-state index in [1.54, 1.807) is 0 Å².